The Labute approximate surface area is 117 Å². The maximum Gasteiger partial charge on any atom is 0.166 e. The highest BCUT2D eigenvalue weighted by atomic mass is 35.5. The summed E-state index contributed by atoms with van der Waals surface area (Å²) in [5.74, 6) is -0.204. The number of hydrogen-bond donors (Lipinski definition) is 1. The molecule has 0 spiro atoms. The van der Waals surface area contributed by atoms with Crippen molar-refractivity contribution in [1.29, 1.82) is 0 Å². The van der Waals surface area contributed by atoms with Crippen LogP contribution in [0.15, 0.2) is 42.6 Å². The fraction of sp³-hybridized carbons (Fsp3) is 0.267. The largest absolute Gasteiger partial charge is 0.367 e. The number of aromatic nitrogens is 1. The Morgan fingerprint density at radius 1 is 1.26 bits per heavy atom. The van der Waals surface area contributed by atoms with Crippen LogP contribution in [0.4, 0.5) is 10.2 Å². The number of halogens is 2. The summed E-state index contributed by atoms with van der Waals surface area (Å²) in [5.41, 5.74) is 1.08. The molecule has 0 atom stereocenters. The number of nitrogens with zero attached hydrogens (tertiary/aromatic N) is 1. The van der Waals surface area contributed by atoms with Gasteiger partial charge in [0.05, 0.1) is 5.02 Å². The van der Waals surface area contributed by atoms with Crippen molar-refractivity contribution < 1.29 is 4.39 Å². The predicted octanol–water partition coefficient (Wildman–Crippen LogP) is 4.26. The van der Waals surface area contributed by atoms with Crippen LogP contribution in [-0.4, -0.2) is 11.5 Å². The van der Waals surface area contributed by atoms with E-state index in [0.717, 1.165) is 0 Å². The van der Waals surface area contributed by atoms with Gasteiger partial charge in [0.2, 0.25) is 0 Å². The molecule has 1 heterocycles. The summed E-state index contributed by atoms with van der Waals surface area (Å²) >= 11 is 5.67. The average molecular weight is 279 g/mol. The summed E-state index contributed by atoms with van der Waals surface area (Å²) in [4.78, 5) is 3.96. The van der Waals surface area contributed by atoms with Crippen LogP contribution in [-0.2, 0) is 5.41 Å². The van der Waals surface area contributed by atoms with Gasteiger partial charge in [-0.2, -0.15) is 0 Å². The van der Waals surface area contributed by atoms with Crippen molar-refractivity contribution in [3.05, 3.63) is 59.0 Å². The molecule has 2 nitrogen and oxygen atoms in total. The van der Waals surface area contributed by atoms with E-state index in [1.807, 2.05) is 18.2 Å². The number of benzene rings is 1. The molecule has 1 aromatic carbocycles. The molecular formula is C15H16ClFN2. The van der Waals surface area contributed by atoms with Crippen molar-refractivity contribution in [3.8, 4) is 0 Å². The van der Waals surface area contributed by atoms with Gasteiger partial charge < -0.3 is 5.32 Å². The number of nitrogens with one attached hydrogen (secondary N) is 1. The zero-order valence-electron chi connectivity index (χ0n) is 11.0. The molecule has 2 rings (SSSR count). The smallest absolute Gasteiger partial charge is 0.166 e. The van der Waals surface area contributed by atoms with Crippen molar-refractivity contribution in [2.24, 2.45) is 0 Å². The quantitative estimate of drug-likeness (QED) is 0.904. The molecule has 4 heteroatoms. The second kappa shape index (κ2) is 5.57. The van der Waals surface area contributed by atoms with Gasteiger partial charge in [-0.15, -0.1) is 0 Å². The minimum Gasteiger partial charge on any atom is -0.367 e. The Morgan fingerprint density at radius 3 is 2.58 bits per heavy atom. The summed E-state index contributed by atoms with van der Waals surface area (Å²) in [5, 5.41) is 3.33. The van der Waals surface area contributed by atoms with E-state index >= 15 is 0 Å². The van der Waals surface area contributed by atoms with Crippen molar-refractivity contribution in [2.75, 3.05) is 11.9 Å². The van der Waals surface area contributed by atoms with Gasteiger partial charge in [0, 0.05) is 18.2 Å². The lowest BCUT2D eigenvalue weighted by atomic mass is 9.84. The molecule has 0 aliphatic rings. The van der Waals surface area contributed by atoms with Crippen LogP contribution in [0.25, 0.3) is 0 Å². The Kier molecular flexibility index (Phi) is 4.05. The van der Waals surface area contributed by atoms with E-state index in [9.17, 15) is 4.39 Å². The summed E-state index contributed by atoms with van der Waals surface area (Å²) in [7, 11) is 0. The second-order valence-electron chi connectivity index (χ2n) is 5.09. The molecular weight excluding hydrogens is 263 g/mol. The van der Waals surface area contributed by atoms with Crippen LogP contribution in [0.2, 0.25) is 5.02 Å². The van der Waals surface area contributed by atoms with E-state index in [1.165, 1.54) is 17.8 Å². The summed E-state index contributed by atoms with van der Waals surface area (Å²) in [6, 6.07) is 11.4. The summed E-state index contributed by atoms with van der Waals surface area (Å²) in [6.07, 6.45) is 1.43. The van der Waals surface area contributed by atoms with E-state index in [0.29, 0.717) is 11.6 Å². The van der Waals surface area contributed by atoms with E-state index in [-0.39, 0.29) is 11.2 Å². The molecule has 0 saturated heterocycles. The molecule has 2 aromatic rings. The minimum atomic E-state index is -0.434. The third kappa shape index (κ3) is 3.44. The Morgan fingerprint density at radius 2 is 1.95 bits per heavy atom. The van der Waals surface area contributed by atoms with Gasteiger partial charge >= 0.3 is 0 Å². The number of pyridine rings is 1. The van der Waals surface area contributed by atoms with Gasteiger partial charge in [0.1, 0.15) is 0 Å². The molecule has 0 amide bonds. The van der Waals surface area contributed by atoms with Gasteiger partial charge in [-0.3, -0.25) is 0 Å². The average Bonchev–Trinajstić information content (AvgIpc) is 2.39. The maximum atomic E-state index is 13.6. The standard InChI is InChI=1S/C15H16ClFN2/c1-15(2,11-6-4-3-5-7-11)10-19-14-13(17)8-12(16)9-18-14/h3-9H,10H2,1-2H3,(H,18,19). The Hall–Kier alpha value is -1.61. The van der Waals surface area contributed by atoms with Gasteiger partial charge in [-0.25, -0.2) is 9.37 Å². The summed E-state index contributed by atoms with van der Waals surface area (Å²) < 4.78 is 13.6. The molecule has 0 unspecified atom stereocenters. The molecule has 0 saturated carbocycles. The lowest BCUT2D eigenvalue weighted by molar-refractivity contribution is 0.551. The highest BCUT2D eigenvalue weighted by Gasteiger charge is 2.20. The van der Waals surface area contributed by atoms with Crippen LogP contribution in [0.3, 0.4) is 0 Å². The van der Waals surface area contributed by atoms with Crippen molar-refractivity contribution in [2.45, 2.75) is 19.3 Å². The second-order valence-corrected chi connectivity index (χ2v) is 5.52. The summed E-state index contributed by atoms with van der Waals surface area (Å²) in [6.45, 7) is 4.79. The van der Waals surface area contributed by atoms with Gasteiger partial charge in [-0.1, -0.05) is 55.8 Å². The zero-order chi connectivity index (χ0) is 13.9. The number of anilines is 1. The molecule has 0 aliphatic carbocycles. The third-order valence-electron chi connectivity index (χ3n) is 3.06. The molecule has 1 N–H and O–H groups in total. The van der Waals surface area contributed by atoms with E-state index in [4.69, 9.17) is 11.6 Å². The predicted molar refractivity (Wildman–Crippen MR) is 77.2 cm³/mol. The minimum absolute atomic E-state index is 0.116. The lowest BCUT2D eigenvalue weighted by Crippen LogP contribution is -2.28. The molecule has 0 bridgehead atoms. The van der Waals surface area contributed by atoms with Gasteiger partial charge in [-0.05, 0) is 11.6 Å². The monoisotopic (exact) mass is 278 g/mol. The maximum absolute atomic E-state index is 13.6. The molecule has 0 radical (unpaired) electrons. The van der Waals surface area contributed by atoms with Crippen LogP contribution in [0.5, 0.6) is 0 Å². The highest BCUT2D eigenvalue weighted by Crippen LogP contribution is 2.24. The number of rotatable bonds is 4. The van der Waals surface area contributed by atoms with Crippen molar-refractivity contribution in [1.82, 2.24) is 4.98 Å². The fourth-order valence-electron chi connectivity index (χ4n) is 1.84. The van der Waals surface area contributed by atoms with Crippen LogP contribution in [0.1, 0.15) is 19.4 Å². The SMILES string of the molecule is CC(C)(CNc1ncc(Cl)cc1F)c1ccccc1. The van der Waals surface area contributed by atoms with E-state index in [2.05, 4.69) is 36.3 Å². The Balaban J connectivity index is 2.09. The van der Waals surface area contributed by atoms with Gasteiger partial charge in [0.15, 0.2) is 11.6 Å². The van der Waals surface area contributed by atoms with Crippen molar-refractivity contribution in [3.63, 3.8) is 0 Å². The molecule has 100 valence electrons. The van der Waals surface area contributed by atoms with E-state index < -0.39 is 5.82 Å². The first-order valence-corrected chi connectivity index (χ1v) is 6.47. The zero-order valence-corrected chi connectivity index (χ0v) is 11.7. The topological polar surface area (TPSA) is 24.9 Å². The molecule has 19 heavy (non-hydrogen) atoms. The highest BCUT2D eigenvalue weighted by molar-refractivity contribution is 6.30. The van der Waals surface area contributed by atoms with Crippen LogP contribution < -0.4 is 5.32 Å². The van der Waals surface area contributed by atoms with E-state index in [1.54, 1.807) is 0 Å². The molecule has 0 fully saturated rings. The molecule has 0 aliphatic heterocycles. The van der Waals surface area contributed by atoms with Crippen LogP contribution in [0, 0.1) is 5.82 Å². The fourth-order valence-corrected chi connectivity index (χ4v) is 1.99. The third-order valence-corrected chi connectivity index (χ3v) is 3.27. The molecule has 1 aromatic heterocycles. The first kappa shape index (κ1) is 13.8. The van der Waals surface area contributed by atoms with Crippen molar-refractivity contribution >= 4 is 17.4 Å². The van der Waals surface area contributed by atoms with Gasteiger partial charge in [0.25, 0.3) is 0 Å². The Bertz CT molecular complexity index is 555. The first-order chi connectivity index (χ1) is 8.99. The lowest BCUT2D eigenvalue weighted by Gasteiger charge is -2.26. The number of hydrogen-bond acceptors (Lipinski definition) is 2. The normalized spacial score (nSPS) is 11.4. The first-order valence-electron chi connectivity index (χ1n) is 6.09. The van der Waals surface area contributed by atoms with Crippen LogP contribution >= 0.6 is 11.6 Å².